The van der Waals surface area contributed by atoms with Gasteiger partial charge in [0.15, 0.2) is 0 Å². The number of esters is 3. The minimum atomic E-state index is -0.400. The molecule has 2 fully saturated rings. The van der Waals surface area contributed by atoms with Gasteiger partial charge in [0.05, 0.1) is 18.8 Å². The molecule has 2 rings (SSSR count). The lowest BCUT2D eigenvalue weighted by Crippen LogP contribution is -2.29. The predicted molar refractivity (Wildman–Crippen MR) is 45.1 cm³/mol. The first-order valence-electron chi connectivity index (χ1n) is 4.43. The predicted octanol–water partition coefficient (Wildman–Crippen LogP) is 0.418. The lowest BCUT2D eigenvalue weighted by atomic mass is 10.1. The van der Waals surface area contributed by atoms with Crippen LogP contribution < -0.4 is 0 Å². The van der Waals surface area contributed by atoms with E-state index in [1.54, 1.807) is 6.92 Å². The van der Waals surface area contributed by atoms with Crippen LogP contribution in [0.3, 0.4) is 0 Å². The maximum absolute atomic E-state index is 10.3. The third-order valence-corrected chi connectivity index (χ3v) is 1.88. The smallest absolute Gasteiger partial charge is 0.316 e. The Labute approximate surface area is 81.4 Å². The Kier molecular flexibility index (Phi) is 3.22. The Hall–Kier alpha value is -1.39. The lowest BCUT2D eigenvalue weighted by Gasteiger charge is -2.20. The van der Waals surface area contributed by atoms with Crippen LogP contribution in [-0.2, 0) is 23.9 Å². The van der Waals surface area contributed by atoms with Crippen LogP contribution >= 0.6 is 0 Å². The van der Waals surface area contributed by atoms with Gasteiger partial charge >= 0.3 is 17.9 Å². The van der Waals surface area contributed by atoms with Gasteiger partial charge in [0.1, 0.15) is 6.10 Å². The maximum atomic E-state index is 10.3. The molecule has 0 saturated carbocycles. The summed E-state index contributed by atoms with van der Waals surface area (Å²) >= 11 is 0. The SMILES string of the molecule is CC1CC(=O)O1.CC1CC(=O)OC1=O. The quantitative estimate of drug-likeness (QED) is 0.418. The first-order valence-corrected chi connectivity index (χ1v) is 4.43. The van der Waals surface area contributed by atoms with Crippen molar-refractivity contribution in [1.82, 2.24) is 0 Å². The molecule has 78 valence electrons. The number of hydrogen-bond acceptors (Lipinski definition) is 5. The van der Waals surface area contributed by atoms with Crippen molar-refractivity contribution in [3.05, 3.63) is 0 Å². The molecule has 0 aromatic carbocycles. The minimum absolute atomic E-state index is 0.0671. The Morgan fingerprint density at radius 1 is 1.07 bits per heavy atom. The molecule has 2 aliphatic rings. The fraction of sp³-hybridized carbons (Fsp3) is 0.667. The van der Waals surface area contributed by atoms with Crippen LogP contribution in [0.4, 0.5) is 0 Å². The van der Waals surface area contributed by atoms with Gasteiger partial charge in [-0.25, -0.2) is 0 Å². The molecule has 2 saturated heterocycles. The molecule has 14 heavy (non-hydrogen) atoms. The second-order valence-electron chi connectivity index (χ2n) is 3.40. The van der Waals surface area contributed by atoms with Gasteiger partial charge in [-0.2, -0.15) is 0 Å². The fourth-order valence-corrected chi connectivity index (χ4v) is 1.04. The summed E-state index contributed by atoms with van der Waals surface area (Å²) in [5, 5.41) is 0. The van der Waals surface area contributed by atoms with Crippen molar-refractivity contribution in [2.45, 2.75) is 32.8 Å². The molecule has 2 aliphatic heterocycles. The van der Waals surface area contributed by atoms with Crippen LogP contribution in [0.2, 0.25) is 0 Å². The second kappa shape index (κ2) is 4.21. The molecule has 0 bridgehead atoms. The van der Waals surface area contributed by atoms with Crippen molar-refractivity contribution in [2.24, 2.45) is 5.92 Å². The summed E-state index contributed by atoms with van der Waals surface area (Å²) in [7, 11) is 0. The summed E-state index contributed by atoms with van der Waals surface area (Å²) in [6.07, 6.45) is 1.05. The van der Waals surface area contributed by atoms with Gasteiger partial charge in [-0.1, -0.05) is 6.92 Å². The Morgan fingerprint density at radius 3 is 1.71 bits per heavy atom. The van der Waals surface area contributed by atoms with Gasteiger partial charge in [0.2, 0.25) is 0 Å². The van der Waals surface area contributed by atoms with E-state index in [0.717, 1.165) is 0 Å². The van der Waals surface area contributed by atoms with Gasteiger partial charge in [0, 0.05) is 0 Å². The first kappa shape index (κ1) is 10.7. The molecule has 0 aromatic rings. The molecule has 0 spiro atoms. The number of cyclic esters (lactones) is 3. The standard InChI is InChI=1S/C5H6O3.C4H6O2/c1-3-2-4(6)8-5(3)7;1-3-2-4(5)6-3/h3H,2H2,1H3;3H,2H2,1H3. The molecule has 2 atom stereocenters. The summed E-state index contributed by atoms with van der Waals surface area (Å²) in [4.78, 5) is 30.4. The number of carbonyl (C=O) groups excluding carboxylic acids is 3. The summed E-state index contributed by atoms with van der Waals surface area (Å²) in [6.45, 7) is 3.55. The van der Waals surface area contributed by atoms with Gasteiger partial charge in [-0.05, 0) is 6.92 Å². The fourth-order valence-electron chi connectivity index (χ4n) is 1.04. The van der Waals surface area contributed by atoms with E-state index < -0.39 is 11.9 Å². The van der Waals surface area contributed by atoms with Gasteiger partial charge in [-0.3, -0.25) is 14.4 Å². The molecular weight excluding hydrogens is 188 g/mol. The van der Waals surface area contributed by atoms with Crippen molar-refractivity contribution >= 4 is 17.9 Å². The van der Waals surface area contributed by atoms with Crippen molar-refractivity contribution < 1.29 is 23.9 Å². The van der Waals surface area contributed by atoms with Gasteiger partial charge in [-0.15, -0.1) is 0 Å². The van der Waals surface area contributed by atoms with Gasteiger partial charge < -0.3 is 9.47 Å². The zero-order chi connectivity index (χ0) is 10.7. The number of ether oxygens (including phenoxy) is 2. The van der Waals surface area contributed by atoms with E-state index in [-0.39, 0.29) is 24.4 Å². The average molecular weight is 200 g/mol. The first-order chi connectivity index (χ1) is 6.49. The summed E-state index contributed by atoms with van der Waals surface area (Å²) in [5.41, 5.74) is 0. The zero-order valence-electron chi connectivity index (χ0n) is 8.11. The van der Waals surface area contributed by atoms with Crippen LogP contribution in [0.1, 0.15) is 26.7 Å². The maximum Gasteiger partial charge on any atom is 0.316 e. The van der Waals surface area contributed by atoms with Gasteiger partial charge in [0.25, 0.3) is 0 Å². The topological polar surface area (TPSA) is 69.7 Å². The number of rotatable bonds is 0. The van der Waals surface area contributed by atoms with E-state index in [4.69, 9.17) is 0 Å². The van der Waals surface area contributed by atoms with E-state index in [2.05, 4.69) is 9.47 Å². The molecule has 0 N–H and O–H groups in total. The summed E-state index contributed by atoms with van der Waals surface area (Å²) in [6, 6.07) is 0. The Balaban J connectivity index is 0.000000146. The minimum Gasteiger partial charge on any atom is -0.462 e. The van der Waals surface area contributed by atoms with Crippen molar-refractivity contribution in [1.29, 1.82) is 0 Å². The van der Waals surface area contributed by atoms with Crippen molar-refractivity contribution in [2.75, 3.05) is 0 Å². The van der Waals surface area contributed by atoms with Crippen LogP contribution in [0.15, 0.2) is 0 Å². The molecule has 2 unspecified atom stereocenters. The zero-order valence-corrected chi connectivity index (χ0v) is 8.11. The number of hydrogen-bond donors (Lipinski definition) is 0. The molecular formula is C9H12O5. The summed E-state index contributed by atoms with van der Waals surface area (Å²) in [5.74, 6) is -1.08. The van der Waals surface area contributed by atoms with Crippen LogP contribution in [0, 0.1) is 5.92 Å². The lowest BCUT2D eigenvalue weighted by molar-refractivity contribution is -0.167. The van der Waals surface area contributed by atoms with E-state index in [0.29, 0.717) is 6.42 Å². The largest absolute Gasteiger partial charge is 0.462 e. The van der Waals surface area contributed by atoms with E-state index in [9.17, 15) is 14.4 Å². The normalized spacial score (nSPS) is 29.7. The Bertz CT molecular complexity index is 262. The van der Waals surface area contributed by atoms with Crippen molar-refractivity contribution in [3.63, 3.8) is 0 Å². The third kappa shape index (κ3) is 2.83. The third-order valence-electron chi connectivity index (χ3n) is 1.88. The molecule has 0 amide bonds. The van der Waals surface area contributed by atoms with Crippen molar-refractivity contribution in [3.8, 4) is 0 Å². The van der Waals surface area contributed by atoms with Crippen LogP contribution in [0.25, 0.3) is 0 Å². The monoisotopic (exact) mass is 200 g/mol. The highest BCUT2D eigenvalue weighted by Gasteiger charge is 2.28. The summed E-state index contributed by atoms with van der Waals surface area (Å²) < 4.78 is 8.70. The average Bonchev–Trinajstić information content (AvgIpc) is 2.28. The highest BCUT2D eigenvalue weighted by atomic mass is 16.6. The van der Waals surface area contributed by atoms with Crippen LogP contribution in [-0.4, -0.2) is 24.0 Å². The Morgan fingerprint density at radius 2 is 1.64 bits per heavy atom. The second-order valence-corrected chi connectivity index (χ2v) is 3.40. The number of carbonyl (C=O) groups is 3. The van der Waals surface area contributed by atoms with E-state index in [1.165, 1.54) is 0 Å². The molecule has 0 aliphatic carbocycles. The highest BCUT2D eigenvalue weighted by molar-refractivity contribution is 5.94. The molecule has 5 heteroatoms. The van der Waals surface area contributed by atoms with E-state index >= 15 is 0 Å². The molecule has 2 heterocycles. The molecule has 0 radical (unpaired) electrons. The van der Waals surface area contributed by atoms with E-state index in [1.807, 2.05) is 6.92 Å². The van der Waals surface area contributed by atoms with Crippen LogP contribution in [0.5, 0.6) is 0 Å². The molecule has 0 aromatic heterocycles. The molecule has 5 nitrogen and oxygen atoms in total. The highest BCUT2D eigenvalue weighted by Crippen LogP contribution is 2.13.